The molecule has 0 aliphatic heterocycles. The second-order valence-corrected chi connectivity index (χ2v) is 6.35. The first-order chi connectivity index (χ1) is 9.12. The largest absolute Gasteiger partial charge is 0.320 e. The first kappa shape index (κ1) is 14.1. The number of hydrogen-bond donors (Lipinski definition) is 2. The molecular weight excluding hydrogens is 260 g/mol. The Bertz CT molecular complexity index is 593. The third-order valence-corrected chi connectivity index (χ3v) is 4.67. The Morgan fingerprint density at radius 3 is 2.74 bits per heavy atom. The van der Waals surface area contributed by atoms with Crippen LogP contribution < -0.4 is 10.5 Å². The third-order valence-electron chi connectivity index (χ3n) is 3.16. The number of hydrogen-bond acceptors (Lipinski definition) is 3. The molecular formula is C14H18N2O2S. The van der Waals surface area contributed by atoms with E-state index in [9.17, 15) is 8.42 Å². The van der Waals surface area contributed by atoms with Crippen LogP contribution in [0, 0.1) is 11.8 Å². The van der Waals surface area contributed by atoms with Gasteiger partial charge in [0.1, 0.15) is 0 Å². The summed E-state index contributed by atoms with van der Waals surface area (Å²) in [4.78, 5) is 0.267. The van der Waals surface area contributed by atoms with Crippen LogP contribution in [0.2, 0.25) is 0 Å². The summed E-state index contributed by atoms with van der Waals surface area (Å²) in [6.07, 6.45) is 4.03. The van der Waals surface area contributed by atoms with Crippen molar-refractivity contribution in [3.8, 4) is 11.8 Å². The summed E-state index contributed by atoms with van der Waals surface area (Å²) in [5.41, 5.74) is 5.97. The molecule has 2 rings (SSSR count). The Balaban J connectivity index is 2.19. The van der Waals surface area contributed by atoms with E-state index in [0.717, 1.165) is 25.7 Å². The topological polar surface area (TPSA) is 72.2 Å². The van der Waals surface area contributed by atoms with Crippen molar-refractivity contribution in [3.05, 3.63) is 29.8 Å². The van der Waals surface area contributed by atoms with E-state index in [1.807, 2.05) is 0 Å². The molecule has 0 amide bonds. The smallest absolute Gasteiger partial charge is 0.240 e. The standard InChI is InChI=1S/C14H18N2O2S/c15-10-4-6-12-5-3-9-14(11-12)19(17,18)16-13-7-1-2-8-13/h3,5,9,11,13,16H,1-2,7-8,10,15H2. The molecule has 1 saturated carbocycles. The molecule has 0 aromatic heterocycles. The zero-order valence-corrected chi connectivity index (χ0v) is 11.5. The Morgan fingerprint density at radius 2 is 2.05 bits per heavy atom. The van der Waals surface area contributed by atoms with Crippen molar-refractivity contribution in [2.75, 3.05) is 6.54 Å². The number of rotatable bonds is 3. The average Bonchev–Trinajstić information content (AvgIpc) is 2.89. The molecule has 1 aliphatic carbocycles. The zero-order chi connectivity index (χ0) is 13.7. The fourth-order valence-corrected chi connectivity index (χ4v) is 3.58. The highest BCUT2D eigenvalue weighted by Crippen LogP contribution is 2.20. The summed E-state index contributed by atoms with van der Waals surface area (Å²) in [7, 11) is -3.44. The van der Waals surface area contributed by atoms with Crippen molar-refractivity contribution < 1.29 is 8.42 Å². The Labute approximate surface area is 114 Å². The van der Waals surface area contributed by atoms with Crippen LogP contribution in [0.5, 0.6) is 0 Å². The summed E-state index contributed by atoms with van der Waals surface area (Å²) in [5, 5.41) is 0. The molecule has 0 spiro atoms. The minimum Gasteiger partial charge on any atom is -0.320 e. The van der Waals surface area contributed by atoms with Crippen LogP contribution in [0.15, 0.2) is 29.2 Å². The van der Waals surface area contributed by atoms with Crippen LogP contribution in [0.3, 0.4) is 0 Å². The molecule has 0 bridgehead atoms. The lowest BCUT2D eigenvalue weighted by Crippen LogP contribution is -2.32. The van der Waals surface area contributed by atoms with Crippen LogP contribution >= 0.6 is 0 Å². The van der Waals surface area contributed by atoms with Gasteiger partial charge in [-0.2, -0.15) is 0 Å². The highest BCUT2D eigenvalue weighted by atomic mass is 32.2. The molecule has 102 valence electrons. The van der Waals surface area contributed by atoms with E-state index in [1.54, 1.807) is 24.3 Å². The number of benzene rings is 1. The molecule has 0 saturated heterocycles. The molecule has 0 radical (unpaired) electrons. The summed E-state index contributed by atoms with van der Waals surface area (Å²) in [5.74, 6) is 5.56. The molecule has 19 heavy (non-hydrogen) atoms. The maximum atomic E-state index is 12.2. The van der Waals surface area contributed by atoms with Crippen LogP contribution in [0.25, 0.3) is 0 Å². The summed E-state index contributed by atoms with van der Waals surface area (Å²) >= 11 is 0. The van der Waals surface area contributed by atoms with E-state index in [-0.39, 0.29) is 17.5 Å². The molecule has 1 aromatic rings. The molecule has 0 atom stereocenters. The van der Waals surface area contributed by atoms with Crippen molar-refractivity contribution in [3.63, 3.8) is 0 Å². The average molecular weight is 278 g/mol. The van der Waals surface area contributed by atoms with Crippen molar-refractivity contribution in [1.82, 2.24) is 4.72 Å². The molecule has 0 heterocycles. The van der Waals surface area contributed by atoms with Gasteiger partial charge in [-0.1, -0.05) is 30.7 Å². The predicted octanol–water partition coefficient (Wildman–Crippen LogP) is 1.22. The normalized spacial score (nSPS) is 16.1. The van der Waals surface area contributed by atoms with E-state index >= 15 is 0 Å². The van der Waals surface area contributed by atoms with Gasteiger partial charge in [-0.15, -0.1) is 0 Å². The molecule has 1 fully saturated rings. The van der Waals surface area contributed by atoms with Gasteiger partial charge in [0.25, 0.3) is 0 Å². The van der Waals surface area contributed by atoms with Crippen LogP contribution in [0.4, 0.5) is 0 Å². The lowest BCUT2D eigenvalue weighted by atomic mass is 10.2. The van der Waals surface area contributed by atoms with Crippen molar-refractivity contribution in [2.24, 2.45) is 5.73 Å². The predicted molar refractivity (Wildman–Crippen MR) is 75.0 cm³/mol. The second kappa shape index (κ2) is 6.20. The Hall–Kier alpha value is -1.35. The van der Waals surface area contributed by atoms with Crippen molar-refractivity contribution >= 4 is 10.0 Å². The first-order valence-electron chi connectivity index (χ1n) is 6.43. The van der Waals surface area contributed by atoms with Gasteiger partial charge in [-0.25, -0.2) is 13.1 Å². The van der Waals surface area contributed by atoms with E-state index in [2.05, 4.69) is 16.6 Å². The molecule has 1 aliphatic rings. The van der Waals surface area contributed by atoms with Gasteiger partial charge in [0.15, 0.2) is 0 Å². The molecule has 5 heteroatoms. The Morgan fingerprint density at radius 1 is 1.32 bits per heavy atom. The van der Waals surface area contributed by atoms with Crippen molar-refractivity contribution in [1.29, 1.82) is 0 Å². The number of sulfonamides is 1. The maximum absolute atomic E-state index is 12.2. The quantitative estimate of drug-likeness (QED) is 0.817. The minimum atomic E-state index is -3.44. The van der Waals surface area contributed by atoms with Crippen LogP contribution in [-0.4, -0.2) is 21.0 Å². The zero-order valence-electron chi connectivity index (χ0n) is 10.7. The lowest BCUT2D eigenvalue weighted by Gasteiger charge is -2.12. The fraction of sp³-hybridized carbons (Fsp3) is 0.429. The first-order valence-corrected chi connectivity index (χ1v) is 7.91. The van der Waals surface area contributed by atoms with Gasteiger partial charge in [0.2, 0.25) is 10.0 Å². The van der Waals surface area contributed by atoms with E-state index in [1.165, 1.54) is 0 Å². The van der Waals surface area contributed by atoms with Crippen molar-refractivity contribution in [2.45, 2.75) is 36.6 Å². The van der Waals surface area contributed by atoms with Crippen LogP contribution in [0.1, 0.15) is 31.2 Å². The summed E-state index contributed by atoms with van der Waals surface area (Å²) in [6.45, 7) is 0.261. The van der Waals surface area contributed by atoms with Gasteiger partial charge in [-0.3, -0.25) is 0 Å². The van der Waals surface area contributed by atoms with E-state index in [0.29, 0.717) is 5.56 Å². The van der Waals surface area contributed by atoms with Crippen LogP contribution in [-0.2, 0) is 10.0 Å². The lowest BCUT2D eigenvalue weighted by molar-refractivity contribution is 0.552. The van der Waals surface area contributed by atoms with Gasteiger partial charge >= 0.3 is 0 Å². The highest BCUT2D eigenvalue weighted by molar-refractivity contribution is 7.89. The van der Waals surface area contributed by atoms with Gasteiger partial charge in [0, 0.05) is 11.6 Å². The number of nitrogens with two attached hydrogens (primary N) is 1. The van der Waals surface area contributed by atoms with Gasteiger partial charge in [0.05, 0.1) is 11.4 Å². The minimum absolute atomic E-state index is 0.0729. The summed E-state index contributed by atoms with van der Waals surface area (Å²) in [6, 6.07) is 6.72. The molecule has 0 unspecified atom stereocenters. The third kappa shape index (κ3) is 3.80. The monoisotopic (exact) mass is 278 g/mol. The fourth-order valence-electron chi connectivity index (χ4n) is 2.23. The van der Waals surface area contributed by atoms with Gasteiger partial charge < -0.3 is 5.73 Å². The Kier molecular flexibility index (Phi) is 4.59. The summed E-state index contributed by atoms with van der Waals surface area (Å²) < 4.78 is 27.2. The highest BCUT2D eigenvalue weighted by Gasteiger charge is 2.22. The molecule has 4 nitrogen and oxygen atoms in total. The molecule has 1 aromatic carbocycles. The maximum Gasteiger partial charge on any atom is 0.240 e. The second-order valence-electron chi connectivity index (χ2n) is 4.64. The number of nitrogens with one attached hydrogen (secondary N) is 1. The van der Waals surface area contributed by atoms with E-state index < -0.39 is 10.0 Å². The SMILES string of the molecule is NCC#Cc1cccc(S(=O)(=O)NC2CCCC2)c1. The van der Waals surface area contributed by atoms with E-state index in [4.69, 9.17) is 5.73 Å². The van der Waals surface area contributed by atoms with Gasteiger partial charge in [-0.05, 0) is 31.0 Å². The molecule has 3 N–H and O–H groups in total.